The molecule has 1 fully saturated rings. The Morgan fingerprint density at radius 2 is 2.07 bits per heavy atom. The summed E-state index contributed by atoms with van der Waals surface area (Å²) in [5.41, 5.74) is 2.08. The predicted molar refractivity (Wildman–Crippen MR) is 111 cm³/mol. The van der Waals surface area contributed by atoms with Gasteiger partial charge in [-0.05, 0) is 51.7 Å². The van der Waals surface area contributed by atoms with Crippen molar-refractivity contribution in [2.45, 2.75) is 46.1 Å². The van der Waals surface area contributed by atoms with Crippen LogP contribution in [0.1, 0.15) is 45.9 Å². The quantitative estimate of drug-likeness (QED) is 0.583. The largest absolute Gasteiger partial charge is 0.475 e. The highest BCUT2D eigenvalue weighted by Gasteiger charge is 2.38. The number of thiazole rings is 1. The van der Waals surface area contributed by atoms with Crippen LogP contribution in [-0.2, 0) is 6.54 Å². The molecule has 0 bridgehead atoms. The summed E-state index contributed by atoms with van der Waals surface area (Å²) in [4.78, 5) is 18.2. The van der Waals surface area contributed by atoms with Gasteiger partial charge in [-0.25, -0.2) is 9.97 Å². The van der Waals surface area contributed by atoms with Crippen molar-refractivity contribution in [2.24, 2.45) is 5.92 Å². The zero-order valence-electron chi connectivity index (χ0n) is 16.8. The van der Waals surface area contributed by atoms with Crippen LogP contribution in [0.2, 0.25) is 0 Å². The third-order valence-electron chi connectivity index (χ3n) is 5.07. The van der Waals surface area contributed by atoms with E-state index in [2.05, 4.69) is 31.3 Å². The maximum Gasteiger partial charge on any atom is 0.256 e. The summed E-state index contributed by atoms with van der Waals surface area (Å²) in [6.07, 6.45) is 3.78. The molecule has 3 heterocycles. The highest BCUT2D eigenvalue weighted by Crippen LogP contribution is 2.48. The number of anilines is 1. The van der Waals surface area contributed by atoms with Gasteiger partial charge in [-0.15, -0.1) is 11.3 Å². The van der Waals surface area contributed by atoms with Crippen molar-refractivity contribution in [3.63, 3.8) is 0 Å². The first-order valence-electron chi connectivity index (χ1n) is 9.76. The lowest BCUT2D eigenvalue weighted by Gasteiger charge is -2.11. The summed E-state index contributed by atoms with van der Waals surface area (Å²) in [7, 11) is 0. The van der Waals surface area contributed by atoms with Crippen LogP contribution in [0.4, 0.5) is 10.2 Å². The molecule has 8 heteroatoms. The molecule has 1 aliphatic rings. The monoisotopic (exact) mass is 413 g/mol. The number of nitrogens with one attached hydrogen (secondary N) is 1. The second-order valence-electron chi connectivity index (χ2n) is 7.33. The Balaban J connectivity index is 1.34. The SMILES string of the molecule is Cc1nc(NCc2sc(C)nc2C)c(F)c(OCCC2CC2c2ccccn2)n1. The Morgan fingerprint density at radius 3 is 2.79 bits per heavy atom. The second kappa shape index (κ2) is 8.41. The van der Waals surface area contributed by atoms with E-state index in [0.717, 1.165) is 34.1 Å². The number of pyridine rings is 1. The fourth-order valence-corrected chi connectivity index (χ4v) is 4.36. The van der Waals surface area contributed by atoms with Gasteiger partial charge in [0.15, 0.2) is 5.82 Å². The average Bonchev–Trinajstić information content (AvgIpc) is 3.40. The molecule has 3 aromatic rings. The Morgan fingerprint density at radius 1 is 1.21 bits per heavy atom. The molecule has 4 rings (SSSR count). The fraction of sp³-hybridized carbons (Fsp3) is 0.429. The van der Waals surface area contributed by atoms with Gasteiger partial charge in [0.05, 0.1) is 23.9 Å². The molecule has 0 aliphatic heterocycles. The minimum atomic E-state index is -0.549. The molecule has 2 atom stereocenters. The topological polar surface area (TPSA) is 72.8 Å². The van der Waals surface area contributed by atoms with E-state index in [4.69, 9.17) is 4.74 Å². The fourth-order valence-electron chi connectivity index (χ4n) is 3.48. The maximum atomic E-state index is 14.8. The Bertz CT molecular complexity index is 994. The number of aryl methyl sites for hydroxylation is 3. The summed E-state index contributed by atoms with van der Waals surface area (Å²) in [6, 6.07) is 5.99. The normalized spacial score (nSPS) is 17.9. The number of rotatable bonds is 8. The first-order valence-corrected chi connectivity index (χ1v) is 10.6. The highest BCUT2D eigenvalue weighted by atomic mass is 32.1. The van der Waals surface area contributed by atoms with E-state index in [9.17, 15) is 4.39 Å². The van der Waals surface area contributed by atoms with Gasteiger partial charge in [0, 0.05) is 22.7 Å². The molecule has 0 spiro atoms. The lowest BCUT2D eigenvalue weighted by Crippen LogP contribution is -2.10. The van der Waals surface area contributed by atoms with Crippen LogP contribution in [0, 0.1) is 32.5 Å². The predicted octanol–water partition coefficient (Wildman–Crippen LogP) is 4.58. The van der Waals surface area contributed by atoms with E-state index in [0.29, 0.717) is 30.8 Å². The molecule has 0 amide bonds. The van der Waals surface area contributed by atoms with Crippen LogP contribution in [0.25, 0.3) is 0 Å². The van der Waals surface area contributed by atoms with Crippen molar-refractivity contribution in [3.05, 3.63) is 57.3 Å². The number of aromatic nitrogens is 4. The molecular weight excluding hydrogens is 389 g/mol. The van der Waals surface area contributed by atoms with Crippen molar-refractivity contribution in [1.29, 1.82) is 0 Å². The summed E-state index contributed by atoms with van der Waals surface area (Å²) in [5, 5.41) is 4.05. The van der Waals surface area contributed by atoms with Crippen molar-refractivity contribution >= 4 is 17.2 Å². The molecule has 1 aliphatic carbocycles. The summed E-state index contributed by atoms with van der Waals surface area (Å²) < 4.78 is 20.5. The summed E-state index contributed by atoms with van der Waals surface area (Å²) in [5.74, 6) is 1.11. The third-order valence-corrected chi connectivity index (χ3v) is 6.14. The number of nitrogens with zero attached hydrogens (tertiary/aromatic N) is 4. The first-order chi connectivity index (χ1) is 14.0. The number of ether oxygens (including phenoxy) is 1. The minimum Gasteiger partial charge on any atom is -0.475 e. The molecule has 152 valence electrons. The zero-order chi connectivity index (χ0) is 20.4. The molecule has 6 nitrogen and oxygen atoms in total. The molecule has 29 heavy (non-hydrogen) atoms. The van der Waals surface area contributed by atoms with Gasteiger partial charge >= 0.3 is 0 Å². The molecule has 2 unspecified atom stereocenters. The van der Waals surface area contributed by atoms with Crippen LogP contribution in [0.5, 0.6) is 5.88 Å². The van der Waals surface area contributed by atoms with Crippen LogP contribution in [-0.4, -0.2) is 26.5 Å². The van der Waals surface area contributed by atoms with Gasteiger partial charge in [-0.2, -0.15) is 9.37 Å². The van der Waals surface area contributed by atoms with Crippen molar-refractivity contribution < 1.29 is 9.13 Å². The zero-order valence-corrected chi connectivity index (χ0v) is 17.6. The van der Waals surface area contributed by atoms with E-state index in [1.807, 2.05) is 32.2 Å². The molecule has 3 aromatic heterocycles. The standard InChI is InChI=1S/C21H24FN5OS/c1-12-18(29-14(3)25-12)11-24-20-19(22)21(27-13(2)26-20)28-9-7-15-10-16(15)17-6-4-5-8-23-17/h4-6,8,15-16H,7,9-11H2,1-3H3,(H,24,26,27). The third kappa shape index (κ3) is 4.70. The number of hydrogen-bond donors (Lipinski definition) is 1. The summed E-state index contributed by atoms with van der Waals surface area (Å²) in [6.45, 7) is 6.54. The molecule has 0 radical (unpaired) electrons. The first kappa shape index (κ1) is 19.7. The number of halogens is 1. The lowest BCUT2D eigenvalue weighted by atomic mass is 10.2. The van der Waals surface area contributed by atoms with Gasteiger partial charge in [-0.1, -0.05) is 6.07 Å². The van der Waals surface area contributed by atoms with E-state index >= 15 is 0 Å². The number of hydrogen-bond acceptors (Lipinski definition) is 7. The molecule has 0 aromatic carbocycles. The Kier molecular flexibility index (Phi) is 5.71. The van der Waals surface area contributed by atoms with Crippen molar-refractivity contribution in [1.82, 2.24) is 19.9 Å². The Labute approximate surface area is 173 Å². The average molecular weight is 414 g/mol. The van der Waals surface area contributed by atoms with Crippen LogP contribution >= 0.6 is 11.3 Å². The highest BCUT2D eigenvalue weighted by molar-refractivity contribution is 7.11. The maximum absolute atomic E-state index is 14.8. The van der Waals surface area contributed by atoms with E-state index in [1.165, 1.54) is 0 Å². The molecule has 1 saturated carbocycles. The van der Waals surface area contributed by atoms with Crippen LogP contribution in [0.3, 0.4) is 0 Å². The minimum absolute atomic E-state index is 0.00671. The Hall–Kier alpha value is -2.61. The smallest absolute Gasteiger partial charge is 0.256 e. The second-order valence-corrected chi connectivity index (χ2v) is 8.62. The van der Waals surface area contributed by atoms with E-state index in [-0.39, 0.29) is 11.7 Å². The van der Waals surface area contributed by atoms with Gasteiger partial charge in [-0.3, -0.25) is 4.98 Å². The van der Waals surface area contributed by atoms with Crippen LogP contribution in [0.15, 0.2) is 24.4 Å². The van der Waals surface area contributed by atoms with Crippen molar-refractivity contribution in [2.75, 3.05) is 11.9 Å². The van der Waals surface area contributed by atoms with Gasteiger partial charge < -0.3 is 10.1 Å². The molecular formula is C21H24FN5OS. The van der Waals surface area contributed by atoms with Gasteiger partial charge in [0.1, 0.15) is 5.82 Å². The van der Waals surface area contributed by atoms with E-state index < -0.39 is 5.82 Å². The van der Waals surface area contributed by atoms with Crippen molar-refractivity contribution in [3.8, 4) is 5.88 Å². The van der Waals surface area contributed by atoms with E-state index in [1.54, 1.807) is 18.3 Å². The molecule has 0 saturated heterocycles. The molecule has 1 N–H and O–H groups in total. The van der Waals surface area contributed by atoms with Gasteiger partial charge in [0.25, 0.3) is 5.88 Å². The van der Waals surface area contributed by atoms with Gasteiger partial charge in [0.2, 0.25) is 5.82 Å². The lowest BCUT2D eigenvalue weighted by molar-refractivity contribution is 0.274. The summed E-state index contributed by atoms with van der Waals surface area (Å²) >= 11 is 1.59. The van der Waals surface area contributed by atoms with Crippen LogP contribution < -0.4 is 10.1 Å².